The lowest BCUT2D eigenvalue weighted by atomic mass is 10.2. The summed E-state index contributed by atoms with van der Waals surface area (Å²) in [5.41, 5.74) is 5.33. The van der Waals surface area contributed by atoms with Crippen LogP contribution in [-0.4, -0.2) is 5.97 Å². The van der Waals surface area contributed by atoms with E-state index in [1.165, 1.54) is 12.1 Å². The lowest BCUT2D eigenvalue weighted by Gasteiger charge is -2.04. The molecule has 4 heteroatoms. The Labute approximate surface area is 88.0 Å². The quantitative estimate of drug-likeness (QED) is 0.473. The summed E-state index contributed by atoms with van der Waals surface area (Å²) in [6.07, 6.45) is 2.05. The SMILES string of the molecule is CCCCC(=O)Oc1ccc(N)c(F)c1. The van der Waals surface area contributed by atoms with Crippen LogP contribution in [0.2, 0.25) is 0 Å². The predicted molar refractivity (Wildman–Crippen MR) is 56.0 cm³/mol. The zero-order valence-electron chi connectivity index (χ0n) is 8.63. The van der Waals surface area contributed by atoms with Crippen LogP contribution in [0, 0.1) is 5.82 Å². The standard InChI is InChI=1S/C11H14FNO2/c1-2-3-4-11(14)15-8-5-6-10(13)9(12)7-8/h5-7H,2-4,13H2,1H3. The smallest absolute Gasteiger partial charge is 0.311 e. The Hall–Kier alpha value is -1.58. The van der Waals surface area contributed by atoms with Crippen molar-refractivity contribution in [3.05, 3.63) is 24.0 Å². The van der Waals surface area contributed by atoms with E-state index in [1.807, 2.05) is 6.92 Å². The molecule has 0 bridgehead atoms. The molecule has 1 aromatic rings. The number of halogens is 1. The van der Waals surface area contributed by atoms with Crippen molar-refractivity contribution in [1.82, 2.24) is 0 Å². The van der Waals surface area contributed by atoms with Crippen LogP contribution < -0.4 is 10.5 Å². The second-order valence-corrected chi connectivity index (χ2v) is 3.26. The highest BCUT2D eigenvalue weighted by Crippen LogP contribution is 2.18. The molecule has 0 aliphatic carbocycles. The summed E-state index contributed by atoms with van der Waals surface area (Å²) in [4.78, 5) is 11.2. The average molecular weight is 211 g/mol. The molecule has 0 aliphatic heterocycles. The molecule has 0 spiro atoms. The van der Waals surface area contributed by atoms with Gasteiger partial charge in [0.1, 0.15) is 11.6 Å². The number of benzene rings is 1. The van der Waals surface area contributed by atoms with E-state index in [0.717, 1.165) is 18.9 Å². The van der Waals surface area contributed by atoms with Gasteiger partial charge in [0.25, 0.3) is 0 Å². The van der Waals surface area contributed by atoms with E-state index in [0.29, 0.717) is 6.42 Å². The average Bonchev–Trinajstić information content (AvgIpc) is 2.20. The maximum atomic E-state index is 13.0. The number of ether oxygens (including phenoxy) is 1. The van der Waals surface area contributed by atoms with Gasteiger partial charge in [0.05, 0.1) is 5.69 Å². The molecule has 0 atom stereocenters. The third-order valence-corrected chi connectivity index (χ3v) is 1.94. The van der Waals surface area contributed by atoms with Gasteiger partial charge in [0.2, 0.25) is 0 Å². The minimum Gasteiger partial charge on any atom is -0.426 e. The van der Waals surface area contributed by atoms with Gasteiger partial charge in [-0.15, -0.1) is 0 Å². The Balaban J connectivity index is 2.57. The fourth-order valence-electron chi connectivity index (χ4n) is 1.07. The summed E-state index contributed by atoms with van der Waals surface area (Å²) in [6.45, 7) is 1.98. The van der Waals surface area contributed by atoms with E-state index in [4.69, 9.17) is 10.5 Å². The molecule has 0 fully saturated rings. The molecule has 15 heavy (non-hydrogen) atoms. The van der Waals surface area contributed by atoms with Crippen LogP contribution >= 0.6 is 0 Å². The van der Waals surface area contributed by atoms with Crippen LogP contribution in [0.3, 0.4) is 0 Å². The molecule has 82 valence electrons. The Morgan fingerprint density at radius 1 is 1.53 bits per heavy atom. The van der Waals surface area contributed by atoms with Gasteiger partial charge >= 0.3 is 5.97 Å². The minimum absolute atomic E-state index is 0.0448. The highest BCUT2D eigenvalue weighted by Gasteiger charge is 2.06. The summed E-state index contributed by atoms with van der Waals surface area (Å²) in [6, 6.07) is 3.96. The lowest BCUT2D eigenvalue weighted by Crippen LogP contribution is -2.07. The van der Waals surface area contributed by atoms with Gasteiger partial charge in [-0.2, -0.15) is 0 Å². The van der Waals surface area contributed by atoms with E-state index in [2.05, 4.69) is 0 Å². The molecule has 0 unspecified atom stereocenters. The zero-order chi connectivity index (χ0) is 11.3. The van der Waals surface area contributed by atoms with Crippen molar-refractivity contribution < 1.29 is 13.9 Å². The third kappa shape index (κ3) is 3.58. The minimum atomic E-state index is -0.573. The largest absolute Gasteiger partial charge is 0.426 e. The number of esters is 1. The molecule has 1 rings (SSSR count). The Morgan fingerprint density at radius 3 is 2.87 bits per heavy atom. The first-order valence-corrected chi connectivity index (χ1v) is 4.89. The summed E-state index contributed by atoms with van der Waals surface area (Å²) < 4.78 is 17.9. The molecule has 0 amide bonds. The number of nitrogen functional groups attached to an aromatic ring is 1. The summed E-state index contributed by atoms with van der Waals surface area (Å²) >= 11 is 0. The molecule has 0 heterocycles. The summed E-state index contributed by atoms with van der Waals surface area (Å²) in [7, 11) is 0. The van der Waals surface area contributed by atoms with E-state index in [9.17, 15) is 9.18 Å². The number of unbranched alkanes of at least 4 members (excludes halogenated alkanes) is 1. The zero-order valence-corrected chi connectivity index (χ0v) is 8.63. The molecule has 0 saturated carbocycles. The number of hydrogen-bond acceptors (Lipinski definition) is 3. The first kappa shape index (κ1) is 11.5. The van der Waals surface area contributed by atoms with Crippen LogP contribution in [0.4, 0.5) is 10.1 Å². The van der Waals surface area contributed by atoms with Crippen LogP contribution in [0.15, 0.2) is 18.2 Å². The fourth-order valence-corrected chi connectivity index (χ4v) is 1.07. The van der Waals surface area contributed by atoms with Gasteiger partial charge in [-0.05, 0) is 18.6 Å². The summed E-state index contributed by atoms with van der Waals surface area (Å²) in [5.74, 6) is -0.723. The van der Waals surface area contributed by atoms with Crippen molar-refractivity contribution in [3.63, 3.8) is 0 Å². The van der Waals surface area contributed by atoms with Crippen LogP contribution in [-0.2, 0) is 4.79 Å². The van der Waals surface area contributed by atoms with E-state index in [-0.39, 0.29) is 17.4 Å². The molecule has 2 N–H and O–H groups in total. The van der Waals surface area contributed by atoms with Crippen molar-refractivity contribution in [3.8, 4) is 5.75 Å². The molecule has 0 aliphatic rings. The van der Waals surface area contributed by atoms with Gasteiger partial charge in [0.15, 0.2) is 0 Å². The first-order valence-electron chi connectivity index (χ1n) is 4.89. The van der Waals surface area contributed by atoms with Crippen molar-refractivity contribution in [2.24, 2.45) is 0 Å². The highest BCUT2D eigenvalue weighted by atomic mass is 19.1. The second kappa shape index (κ2) is 5.34. The molecule has 0 radical (unpaired) electrons. The van der Waals surface area contributed by atoms with E-state index in [1.54, 1.807) is 0 Å². The number of anilines is 1. The number of nitrogens with two attached hydrogens (primary N) is 1. The van der Waals surface area contributed by atoms with Gasteiger partial charge in [0, 0.05) is 12.5 Å². The Bertz CT molecular complexity index is 352. The van der Waals surface area contributed by atoms with Crippen molar-refractivity contribution in [1.29, 1.82) is 0 Å². The summed E-state index contributed by atoms with van der Waals surface area (Å²) in [5, 5.41) is 0. The fraction of sp³-hybridized carbons (Fsp3) is 0.364. The Kier molecular flexibility index (Phi) is 4.09. The van der Waals surface area contributed by atoms with Gasteiger partial charge in [-0.1, -0.05) is 13.3 Å². The monoisotopic (exact) mass is 211 g/mol. The lowest BCUT2D eigenvalue weighted by molar-refractivity contribution is -0.134. The van der Waals surface area contributed by atoms with Gasteiger partial charge in [-0.3, -0.25) is 4.79 Å². The van der Waals surface area contributed by atoms with E-state index >= 15 is 0 Å². The number of carbonyl (C=O) groups excluding carboxylic acids is 1. The first-order chi connectivity index (χ1) is 7.13. The number of carbonyl (C=O) groups is 1. The van der Waals surface area contributed by atoms with E-state index < -0.39 is 5.82 Å². The van der Waals surface area contributed by atoms with Gasteiger partial charge < -0.3 is 10.5 Å². The predicted octanol–water partition coefficient (Wildman–Crippen LogP) is 2.50. The van der Waals surface area contributed by atoms with Crippen LogP contribution in [0.25, 0.3) is 0 Å². The molecule has 0 saturated heterocycles. The molecule has 0 aromatic heterocycles. The van der Waals surface area contributed by atoms with Crippen molar-refractivity contribution in [2.75, 3.05) is 5.73 Å². The topological polar surface area (TPSA) is 52.3 Å². The number of hydrogen-bond donors (Lipinski definition) is 1. The second-order valence-electron chi connectivity index (χ2n) is 3.26. The Morgan fingerprint density at radius 2 is 2.27 bits per heavy atom. The van der Waals surface area contributed by atoms with Crippen LogP contribution in [0.5, 0.6) is 5.75 Å². The third-order valence-electron chi connectivity index (χ3n) is 1.94. The molecule has 3 nitrogen and oxygen atoms in total. The maximum Gasteiger partial charge on any atom is 0.311 e. The number of rotatable bonds is 4. The normalized spacial score (nSPS) is 10.0. The molecular weight excluding hydrogens is 197 g/mol. The van der Waals surface area contributed by atoms with Crippen molar-refractivity contribution >= 4 is 11.7 Å². The van der Waals surface area contributed by atoms with Gasteiger partial charge in [-0.25, -0.2) is 4.39 Å². The maximum absolute atomic E-state index is 13.0. The molecule has 1 aromatic carbocycles. The highest BCUT2D eigenvalue weighted by molar-refractivity contribution is 5.72. The molecular formula is C11H14FNO2. The van der Waals surface area contributed by atoms with Crippen molar-refractivity contribution in [2.45, 2.75) is 26.2 Å². The van der Waals surface area contributed by atoms with Crippen LogP contribution in [0.1, 0.15) is 26.2 Å².